The first kappa shape index (κ1) is 19.3. The van der Waals surface area contributed by atoms with Crippen LogP contribution in [0.25, 0.3) is 0 Å². The summed E-state index contributed by atoms with van der Waals surface area (Å²) < 4.78 is 0. The number of carboxylic acids is 2. The maximum atomic E-state index is 11.9. The van der Waals surface area contributed by atoms with Crippen molar-refractivity contribution in [1.29, 1.82) is 0 Å². The van der Waals surface area contributed by atoms with E-state index in [-0.39, 0.29) is 55.5 Å². The lowest BCUT2D eigenvalue weighted by atomic mass is 9.84. The van der Waals surface area contributed by atoms with Crippen LogP contribution >= 0.6 is 0 Å². The smallest absolute Gasteiger partial charge is 0.303 e. The third-order valence-electron chi connectivity index (χ3n) is 4.34. The summed E-state index contributed by atoms with van der Waals surface area (Å²) in [5.41, 5.74) is 0. The lowest BCUT2D eigenvalue weighted by molar-refractivity contribution is -0.138. The molecule has 0 unspecified atom stereocenters. The van der Waals surface area contributed by atoms with Crippen LogP contribution in [0.1, 0.15) is 57.8 Å². The zero-order valence-electron chi connectivity index (χ0n) is 13.1. The Morgan fingerprint density at radius 3 is 2.26 bits per heavy atom. The second-order valence-electron chi connectivity index (χ2n) is 6.12. The van der Waals surface area contributed by atoms with Crippen molar-refractivity contribution in [3.05, 3.63) is 0 Å². The summed E-state index contributed by atoms with van der Waals surface area (Å²) in [7, 11) is 0. The van der Waals surface area contributed by atoms with E-state index in [1.54, 1.807) is 0 Å². The first-order valence-corrected chi connectivity index (χ1v) is 7.97. The summed E-state index contributed by atoms with van der Waals surface area (Å²) in [6, 6.07) is 0. The van der Waals surface area contributed by atoms with Crippen LogP contribution in [0.5, 0.6) is 0 Å². The molecule has 1 aliphatic rings. The highest BCUT2D eigenvalue weighted by atomic mass is 16.4. The Balaban J connectivity index is 2.44. The molecule has 0 aromatic carbocycles. The van der Waals surface area contributed by atoms with Gasteiger partial charge in [-0.25, -0.2) is 0 Å². The fourth-order valence-corrected chi connectivity index (χ4v) is 3.17. The van der Waals surface area contributed by atoms with Crippen molar-refractivity contribution in [1.82, 2.24) is 0 Å². The highest BCUT2D eigenvalue weighted by molar-refractivity contribution is 5.84. The van der Waals surface area contributed by atoms with Gasteiger partial charge in [0.05, 0.1) is 6.10 Å². The van der Waals surface area contributed by atoms with Gasteiger partial charge in [0, 0.05) is 38.0 Å². The molecule has 7 heteroatoms. The number of aliphatic hydroxyl groups excluding tert-OH is 1. The van der Waals surface area contributed by atoms with Crippen molar-refractivity contribution in [2.45, 2.75) is 63.9 Å². The predicted molar refractivity (Wildman–Crippen MR) is 79.8 cm³/mol. The Kier molecular flexibility index (Phi) is 7.88. The maximum Gasteiger partial charge on any atom is 0.303 e. The van der Waals surface area contributed by atoms with E-state index in [0.29, 0.717) is 25.7 Å². The van der Waals surface area contributed by atoms with Gasteiger partial charge in [-0.2, -0.15) is 0 Å². The van der Waals surface area contributed by atoms with E-state index in [0.717, 1.165) is 0 Å². The summed E-state index contributed by atoms with van der Waals surface area (Å²) >= 11 is 0. The van der Waals surface area contributed by atoms with Crippen molar-refractivity contribution in [2.24, 2.45) is 11.8 Å². The summed E-state index contributed by atoms with van der Waals surface area (Å²) in [5.74, 6) is -2.74. The molecule has 1 rings (SSSR count). The third-order valence-corrected chi connectivity index (χ3v) is 4.34. The van der Waals surface area contributed by atoms with Crippen LogP contribution in [0, 0.1) is 11.8 Å². The molecule has 0 aromatic heterocycles. The van der Waals surface area contributed by atoms with Crippen LogP contribution < -0.4 is 0 Å². The molecule has 0 bridgehead atoms. The van der Waals surface area contributed by atoms with Gasteiger partial charge < -0.3 is 15.3 Å². The fourth-order valence-electron chi connectivity index (χ4n) is 3.17. The zero-order valence-corrected chi connectivity index (χ0v) is 13.1. The van der Waals surface area contributed by atoms with Crippen LogP contribution in [-0.4, -0.2) is 44.9 Å². The van der Waals surface area contributed by atoms with E-state index in [4.69, 9.17) is 10.2 Å². The van der Waals surface area contributed by atoms with Crippen LogP contribution in [-0.2, 0) is 19.2 Å². The predicted octanol–water partition coefficient (Wildman–Crippen LogP) is 1.41. The lowest BCUT2D eigenvalue weighted by Crippen LogP contribution is -2.29. The number of carbonyl (C=O) groups is 4. The average molecular weight is 328 g/mol. The highest BCUT2D eigenvalue weighted by Crippen LogP contribution is 2.36. The molecule has 3 atom stereocenters. The molecular weight excluding hydrogens is 304 g/mol. The number of hydrogen-bond donors (Lipinski definition) is 3. The summed E-state index contributed by atoms with van der Waals surface area (Å²) in [4.78, 5) is 44.6. The molecule has 23 heavy (non-hydrogen) atoms. The molecular formula is C16H24O7. The largest absolute Gasteiger partial charge is 0.481 e. The summed E-state index contributed by atoms with van der Waals surface area (Å²) in [5, 5.41) is 27.4. The number of aliphatic hydroxyl groups is 1. The summed E-state index contributed by atoms with van der Waals surface area (Å²) in [6.07, 6.45) is 0.915. The molecule has 130 valence electrons. The van der Waals surface area contributed by atoms with Crippen molar-refractivity contribution in [2.75, 3.05) is 0 Å². The molecule has 0 radical (unpaired) electrons. The Morgan fingerprint density at radius 2 is 1.65 bits per heavy atom. The first-order chi connectivity index (χ1) is 10.8. The zero-order chi connectivity index (χ0) is 17.4. The number of Topliss-reactive ketones (excluding diaryl/α,β-unsaturated/α-hetero) is 2. The normalized spacial score (nSPS) is 22.0. The van der Waals surface area contributed by atoms with Gasteiger partial charge >= 0.3 is 11.9 Å². The monoisotopic (exact) mass is 328 g/mol. The lowest BCUT2D eigenvalue weighted by Gasteiger charge is -2.23. The molecule has 1 saturated carbocycles. The van der Waals surface area contributed by atoms with Gasteiger partial charge in [0.25, 0.3) is 0 Å². The van der Waals surface area contributed by atoms with Gasteiger partial charge in [0.1, 0.15) is 11.6 Å². The van der Waals surface area contributed by atoms with E-state index in [1.807, 2.05) is 0 Å². The molecule has 7 nitrogen and oxygen atoms in total. The first-order valence-electron chi connectivity index (χ1n) is 7.97. The topological polar surface area (TPSA) is 129 Å². The number of aliphatic carboxylic acids is 2. The van der Waals surface area contributed by atoms with Gasteiger partial charge in [0.15, 0.2) is 0 Å². The van der Waals surface area contributed by atoms with Crippen LogP contribution in [0.4, 0.5) is 0 Å². The number of carbonyl (C=O) groups excluding carboxylic acids is 2. The minimum absolute atomic E-state index is 0.0132. The van der Waals surface area contributed by atoms with Gasteiger partial charge in [-0.1, -0.05) is 0 Å². The van der Waals surface area contributed by atoms with E-state index in [9.17, 15) is 24.3 Å². The van der Waals surface area contributed by atoms with Crippen molar-refractivity contribution >= 4 is 23.5 Å². The minimum atomic E-state index is -0.960. The Labute approximate surface area is 134 Å². The number of carboxylic acid groups (broad SMARTS) is 2. The fraction of sp³-hybridized carbons (Fsp3) is 0.750. The Bertz CT molecular complexity index is 457. The van der Waals surface area contributed by atoms with Crippen molar-refractivity contribution in [3.8, 4) is 0 Å². The molecule has 1 fully saturated rings. The van der Waals surface area contributed by atoms with Crippen LogP contribution in [0.2, 0.25) is 0 Å². The maximum absolute atomic E-state index is 11.9. The second-order valence-corrected chi connectivity index (χ2v) is 6.12. The van der Waals surface area contributed by atoms with Crippen molar-refractivity contribution in [3.63, 3.8) is 0 Å². The molecule has 0 aliphatic heterocycles. The SMILES string of the molecule is O=C(O)CCCC(=O)C[C@H](O)[C@H]1CCC(=O)[C@@H]1CCCC(=O)O. The van der Waals surface area contributed by atoms with Gasteiger partial charge in [-0.05, 0) is 31.6 Å². The summed E-state index contributed by atoms with van der Waals surface area (Å²) in [6.45, 7) is 0. The van der Waals surface area contributed by atoms with Gasteiger partial charge in [0.2, 0.25) is 0 Å². The molecule has 1 aliphatic carbocycles. The van der Waals surface area contributed by atoms with E-state index in [2.05, 4.69) is 0 Å². The molecule has 0 saturated heterocycles. The molecule has 0 spiro atoms. The molecule has 0 heterocycles. The minimum Gasteiger partial charge on any atom is -0.481 e. The van der Waals surface area contributed by atoms with Gasteiger partial charge in [-0.15, -0.1) is 0 Å². The molecule has 0 amide bonds. The average Bonchev–Trinajstić information content (AvgIpc) is 2.79. The molecule has 0 aromatic rings. The Hall–Kier alpha value is -1.76. The molecule has 3 N–H and O–H groups in total. The van der Waals surface area contributed by atoms with E-state index >= 15 is 0 Å². The van der Waals surface area contributed by atoms with Gasteiger partial charge in [-0.3, -0.25) is 19.2 Å². The van der Waals surface area contributed by atoms with Crippen LogP contribution in [0.3, 0.4) is 0 Å². The number of hydrogen-bond acceptors (Lipinski definition) is 5. The van der Waals surface area contributed by atoms with Crippen LogP contribution in [0.15, 0.2) is 0 Å². The standard InChI is InChI=1S/C16H24O7/c17-10(3-1-5-15(20)21)9-14(19)12-7-8-13(18)11(12)4-2-6-16(22)23/h11-12,14,19H,1-9H2,(H,20,21)(H,22,23)/t11-,12+,14+/m1/s1. The van der Waals surface area contributed by atoms with E-state index < -0.39 is 18.0 Å². The van der Waals surface area contributed by atoms with Crippen molar-refractivity contribution < 1.29 is 34.5 Å². The number of ketones is 2. The third kappa shape index (κ3) is 6.90. The highest BCUT2D eigenvalue weighted by Gasteiger charge is 2.38. The van der Waals surface area contributed by atoms with E-state index in [1.165, 1.54) is 0 Å². The second kappa shape index (κ2) is 9.39. The number of rotatable bonds is 11. The Morgan fingerprint density at radius 1 is 1.04 bits per heavy atom. The quantitative estimate of drug-likeness (QED) is 0.523.